The lowest BCUT2D eigenvalue weighted by atomic mass is 10.6. The number of alkyl halides is 3. The van der Waals surface area contributed by atoms with E-state index in [1.54, 1.807) is 0 Å². The molecule has 1 aromatic heterocycles. The number of hydrogen-bond acceptors (Lipinski definition) is 4. The summed E-state index contributed by atoms with van der Waals surface area (Å²) in [6.07, 6.45) is -4.34. The predicted molar refractivity (Wildman–Crippen MR) is 37.7 cm³/mol. The Kier molecular flexibility index (Phi) is 3.26. The Morgan fingerprint density at radius 1 is 1.46 bits per heavy atom. The Hall–Kier alpha value is -0.630. The van der Waals surface area contributed by atoms with Crippen LogP contribution in [0.1, 0.15) is 5.89 Å². The van der Waals surface area contributed by atoms with Crippen LogP contribution in [0.3, 0.4) is 0 Å². The number of aromatic nitrogens is 2. The van der Waals surface area contributed by atoms with Gasteiger partial charge in [0.05, 0.1) is 0 Å². The first kappa shape index (κ1) is 10.5. The minimum absolute atomic E-state index is 0.00359. The Bertz CT molecular complexity index is 275. The fraction of sp³-hybridized carbons (Fsp3) is 0.600. The summed E-state index contributed by atoms with van der Waals surface area (Å²) in [5.74, 6) is -0.00359. The summed E-state index contributed by atoms with van der Waals surface area (Å²) in [7, 11) is 0. The highest BCUT2D eigenvalue weighted by atomic mass is 79.9. The van der Waals surface area contributed by atoms with Gasteiger partial charge in [0.1, 0.15) is 13.2 Å². The molecule has 1 aromatic rings. The van der Waals surface area contributed by atoms with Crippen molar-refractivity contribution in [1.29, 1.82) is 0 Å². The minimum Gasteiger partial charge on any atom is -0.362 e. The highest BCUT2D eigenvalue weighted by Crippen LogP contribution is 2.15. The van der Waals surface area contributed by atoms with Gasteiger partial charge in [-0.25, -0.2) is 0 Å². The molecule has 4 nitrogen and oxygen atoms in total. The first-order valence-corrected chi connectivity index (χ1v) is 3.89. The molecule has 1 rings (SSSR count). The van der Waals surface area contributed by atoms with E-state index in [2.05, 4.69) is 35.3 Å². The van der Waals surface area contributed by atoms with Crippen molar-refractivity contribution in [2.24, 2.45) is 0 Å². The van der Waals surface area contributed by atoms with Gasteiger partial charge in [0.15, 0.2) is 0 Å². The molecule has 0 atom stereocenters. The largest absolute Gasteiger partial charge is 0.411 e. The summed E-state index contributed by atoms with van der Waals surface area (Å²) in [6, 6.07) is 0. The average molecular weight is 261 g/mol. The standard InChI is InChI=1S/C5H4BrF3N2O2/c6-4-10-3(13-11-4)1-12-2-5(7,8)9/h1-2H2. The van der Waals surface area contributed by atoms with Crippen molar-refractivity contribution in [2.75, 3.05) is 6.61 Å². The number of ether oxygens (including phenoxy) is 1. The second kappa shape index (κ2) is 4.05. The molecule has 0 spiro atoms. The molecule has 0 unspecified atom stereocenters. The zero-order valence-corrected chi connectivity index (χ0v) is 7.72. The van der Waals surface area contributed by atoms with Gasteiger partial charge in [0, 0.05) is 0 Å². The van der Waals surface area contributed by atoms with Gasteiger partial charge in [-0.2, -0.15) is 18.2 Å². The topological polar surface area (TPSA) is 48.2 Å². The number of hydrogen-bond donors (Lipinski definition) is 0. The molecule has 0 amide bonds. The first-order chi connectivity index (χ1) is 5.97. The van der Waals surface area contributed by atoms with Crippen LogP contribution < -0.4 is 0 Å². The van der Waals surface area contributed by atoms with E-state index in [0.29, 0.717) is 0 Å². The van der Waals surface area contributed by atoms with E-state index < -0.39 is 12.8 Å². The molecule has 8 heteroatoms. The molecule has 0 bridgehead atoms. The normalized spacial score (nSPS) is 12.0. The maximum atomic E-state index is 11.6. The van der Waals surface area contributed by atoms with E-state index in [9.17, 15) is 13.2 Å². The van der Waals surface area contributed by atoms with Gasteiger partial charge >= 0.3 is 6.18 Å². The van der Waals surface area contributed by atoms with Crippen LogP contribution in [0.5, 0.6) is 0 Å². The van der Waals surface area contributed by atoms with Crippen LogP contribution in [0, 0.1) is 0 Å². The maximum absolute atomic E-state index is 11.6. The zero-order valence-electron chi connectivity index (χ0n) is 6.14. The van der Waals surface area contributed by atoms with E-state index in [-0.39, 0.29) is 17.2 Å². The van der Waals surface area contributed by atoms with Crippen molar-refractivity contribution in [1.82, 2.24) is 10.1 Å². The van der Waals surface area contributed by atoms with Gasteiger partial charge in [-0.15, -0.1) is 0 Å². The van der Waals surface area contributed by atoms with Crippen LogP contribution in [-0.4, -0.2) is 22.9 Å². The summed E-state index contributed by atoms with van der Waals surface area (Å²) in [6.45, 7) is -1.68. The molecule has 0 saturated heterocycles. The second-order valence-electron chi connectivity index (χ2n) is 2.07. The van der Waals surface area contributed by atoms with Crippen LogP contribution in [-0.2, 0) is 11.3 Å². The summed E-state index contributed by atoms with van der Waals surface area (Å²) in [5.41, 5.74) is 0. The van der Waals surface area contributed by atoms with E-state index >= 15 is 0 Å². The van der Waals surface area contributed by atoms with Crippen LogP contribution in [0.25, 0.3) is 0 Å². The predicted octanol–water partition coefficient (Wildman–Crippen LogP) is 1.91. The van der Waals surface area contributed by atoms with E-state index in [0.717, 1.165) is 0 Å². The van der Waals surface area contributed by atoms with Crippen LogP contribution in [0.2, 0.25) is 0 Å². The summed E-state index contributed by atoms with van der Waals surface area (Å²) < 4.78 is 43.6. The summed E-state index contributed by atoms with van der Waals surface area (Å²) in [5, 5.41) is 3.30. The third kappa shape index (κ3) is 4.23. The minimum atomic E-state index is -4.34. The van der Waals surface area contributed by atoms with E-state index in [4.69, 9.17) is 0 Å². The molecule has 0 aliphatic rings. The van der Waals surface area contributed by atoms with Crippen LogP contribution >= 0.6 is 15.9 Å². The van der Waals surface area contributed by atoms with Gasteiger partial charge in [-0.05, 0) is 21.1 Å². The molecule has 0 radical (unpaired) electrons. The quantitative estimate of drug-likeness (QED) is 0.833. The van der Waals surface area contributed by atoms with Crippen LogP contribution in [0.4, 0.5) is 13.2 Å². The Balaban J connectivity index is 2.28. The average Bonchev–Trinajstić information content (AvgIpc) is 2.33. The summed E-state index contributed by atoms with van der Waals surface area (Å²) in [4.78, 5) is 3.58. The van der Waals surface area contributed by atoms with E-state index in [1.165, 1.54) is 0 Å². The lowest BCUT2D eigenvalue weighted by molar-refractivity contribution is -0.178. The van der Waals surface area contributed by atoms with Crippen molar-refractivity contribution in [3.63, 3.8) is 0 Å². The van der Waals surface area contributed by atoms with Crippen molar-refractivity contribution in [3.8, 4) is 0 Å². The maximum Gasteiger partial charge on any atom is 0.411 e. The second-order valence-corrected chi connectivity index (χ2v) is 2.77. The highest BCUT2D eigenvalue weighted by Gasteiger charge is 2.27. The SMILES string of the molecule is FC(F)(F)COCc1nc(Br)no1. The summed E-state index contributed by atoms with van der Waals surface area (Å²) >= 11 is 2.87. The number of halogens is 4. The molecule has 1 heterocycles. The van der Waals surface area contributed by atoms with Gasteiger partial charge in [0.2, 0.25) is 4.73 Å². The van der Waals surface area contributed by atoms with Gasteiger partial charge in [0.25, 0.3) is 5.89 Å². The van der Waals surface area contributed by atoms with Crippen molar-refractivity contribution in [3.05, 3.63) is 10.6 Å². The molecule has 0 N–H and O–H groups in total. The third-order valence-electron chi connectivity index (χ3n) is 0.935. The fourth-order valence-corrected chi connectivity index (χ4v) is 0.817. The lowest BCUT2D eigenvalue weighted by Crippen LogP contribution is -2.16. The van der Waals surface area contributed by atoms with Crippen molar-refractivity contribution < 1.29 is 22.4 Å². The molecular weight excluding hydrogens is 257 g/mol. The molecular formula is C5H4BrF3N2O2. The molecule has 0 aromatic carbocycles. The smallest absolute Gasteiger partial charge is 0.362 e. The molecule has 0 fully saturated rings. The van der Waals surface area contributed by atoms with Gasteiger partial charge in [-0.3, -0.25) is 0 Å². The van der Waals surface area contributed by atoms with Crippen molar-refractivity contribution >= 4 is 15.9 Å². The molecule has 74 valence electrons. The monoisotopic (exact) mass is 260 g/mol. The number of rotatable bonds is 3. The third-order valence-corrected chi connectivity index (χ3v) is 1.26. The molecule has 0 aliphatic carbocycles. The van der Waals surface area contributed by atoms with Gasteiger partial charge < -0.3 is 9.26 Å². The first-order valence-electron chi connectivity index (χ1n) is 3.10. The molecule has 0 aliphatic heterocycles. The Labute approximate surface area is 79.2 Å². The lowest BCUT2D eigenvalue weighted by Gasteiger charge is -2.04. The highest BCUT2D eigenvalue weighted by molar-refractivity contribution is 9.10. The molecule has 0 saturated carbocycles. The van der Waals surface area contributed by atoms with E-state index in [1.807, 2.05) is 0 Å². The molecule has 13 heavy (non-hydrogen) atoms. The Morgan fingerprint density at radius 2 is 2.15 bits per heavy atom. The Morgan fingerprint density at radius 3 is 2.62 bits per heavy atom. The zero-order chi connectivity index (χ0) is 9.90. The number of nitrogens with zero attached hydrogens (tertiary/aromatic N) is 2. The fourth-order valence-electron chi connectivity index (χ4n) is 0.547. The van der Waals surface area contributed by atoms with Crippen molar-refractivity contribution in [2.45, 2.75) is 12.8 Å². The van der Waals surface area contributed by atoms with Crippen LogP contribution in [0.15, 0.2) is 9.26 Å². The van der Waals surface area contributed by atoms with Gasteiger partial charge in [-0.1, -0.05) is 0 Å².